The Hall–Kier alpha value is -0.866. The van der Waals surface area contributed by atoms with E-state index in [1.807, 2.05) is 67.7 Å². The van der Waals surface area contributed by atoms with Crippen LogP contribution in [0.3, 0.4) is 0 Å². The van der Waals surface area contributed by atoms with Gasteiger partial charge in [0.15, 0.2) is 16.6 Å². The summed E-state index contributed by atoms with van der Waals surface area (Å²) in [4.78, 5) is 22.6. The minimum Gasteiger partial charge on any atom is -0.463 e. The Morgan fingerprint density at radius 3 is 1.08 bits per heavy atom. The number of carbonyl (C=O) groups is 2. The molecule has 4 N–H and O–H groups in total. The van der Waals surface area contributed by atoms with Crippen LogP contribution < -0.4 is 0 Å². The van der Waals surface area contributed by atoms with Crippen molar-refractivity contribution in [3.8, 4) is 0 Å². The first kappa shape index (κ1) is 35.1. The molecule has 0 aromatic heterocycles. The van der Waals surface area contributed by atoms with Crippen LogP contribution in [-0.2, 0) is 27.9 Å². The molecule has 214 valence electrons. The van der Waals surface area contributed by atoms with E-state index in [-0.39, 0.29) is 10.1 Å². The molecule has 0 fully saturated rings. The van der Waals surface area contributed by atoms with E-state index in [2.05, 4.69) is 0 Å². The normalized spacial score (nSPS) is 18.6. The first-order chi connectivity index (χ1) is 15.9. The average Bonchev–Trinajstić information content (AvgIpc) is 2.69. The van der Waals surface area contributed by atoms with Gasteiger partial charge in [0.25, 0.3) is 0 Å². The lowest BCUT2D eigenvalue weighted by atomic mass is 9.97. The standard InChI is InChI=1S/C24H50O10Si2/c1-15(25)31-13-17(27)19(29)21(33-35(9,10)23(3,4)5)22(34-36(11,12)24(6,7)8)20(30)18(28)14-32-16(2)26/h17-22,27-30H,13-14H2,1-12H3/t17-,18-,19-,20-,21-,22-/m0/s1. The highest BCUT2D eigenvalue weighted by molar-refractivity contribution is 6.74. The van der Waals surface area contributed by atoms with Crippen molar-refractivity contribution in [3.63, 3.8) is 0 Å². The molecule has 12 heteroatoms. The minimum absolute atomic E-state index is 0.311. The van der Waals surface area contributed by atoms with Gasteiger partial charge in [0.1, 0.15) is 49.8 Å². The van der Waals surface area contributed by atoms with Crippen molar-refractivity contribution in [2.75, 3.05) is 13.2 Å². The maximum atomic E-state index is 11.3. The van der Waals surface area contributed by atoms with Crippen LogP contribution in [-0.4, -0.2) is 98.8 Å². The third-order valence-electron chi connectivity index (χ3n) is 7.17. The number of hydrogen-bond acceptors (Lipinski definition) is 10. The molecular formula is C24H50O10Si2. The lowest BCUT2D eigenvalue weighted by Gasteiger charge is -2.48. The molecule has 0 aliphatic carbocycles. The minimum atomic E-state index is -2.64. The summed E-state index contributed by atoms with van der Waals surface area (Å²) in [6, 6.07) is 0. The van der Waals surface area contributed by atoms with Crippen LogP contribution in [0.1, 0.15) is 55.4 Å². The Bertz CT molecular complexity index is 655. The molecule has 0 spiro atoms. The van der Waals surface area contributed by atoms with Crippen molar-refractivity contribution in [2.24, 2.45) is 0 Å². The average molecular weight is 555 g/mol. The second-order valence-electron chi connectivity index (χ2n) is 12.4. The molecule has 0 rings (SSSR count). The largest absolute Gasteiger partial charge is 0.463 e. The van der Waals surface area contributed by atoms with Crippen LogP contribution in [0.15, 0.2) is 0 Å². The van der Waals surface area contributed by atoms with E-state index in [4.69, 9.17) is 18.3 Å². The highest BCUT2D eigenvalue weighted by Gasteiger charge is 2.50. The predicted molar refractivity (Wildman–Crippen MR) is 141 cm³/mol. The molecule has 0 saturated heterocycles. The molecule has 0 amide bonds. The van der Waals surface area contributed by atoms with Gasteiger partial charge in [-0.2, -0.15) is 0 Å². The lowest BCUT2D eigenvalue weighted by molar-refractivity contribution is -0.167. The van der Waals surface area contributed by atoms with Gasteiger partial charge in [0.05, 0.1) is 0 Å². The van der Waals surface area contributed by atoms with Gasteiger partial charge < -0.3 is 38.8 Å². The zero-order chi connectivity index (χ0) is 28.9. The Morgan fingerprint density at radius 2 is 0.889 bits per heavy atom. The topological polar surface area (TPSA) is 152 Å². The SMILES string of the molecule is CC(=O)OC[C@H](O)[C@H](O)[C@H](O[Si](C)(C)C(C)(C)C)[C@@H](O[Si](C)(C)C(C)(C)C)[C@@H](O)[C@@H](O)COC(C)=O. The number of ether oxygens (including phenoxy) is 2. The fraction of sp³-hybridized carbons (Fsp3) is 0.917. The number of hydrogen-bond donors (Lipinski definition) is 4. The highest BCUT2D eigenvalue weighted by Crippen LogP contribution is 2.41. The van der Waals surface area contributed by atoms with E-state index >= 15 is 0 Å². The summed E-state index contributed by atoms with van der Waals surface area (Å²) < 4.78 is 22.8. The summed E-state index contributed by atoms with van der Waals surface area (Å²) in [5.74, 6) is -1.26. The smallest absolute Gasteiger partial charge is 0.302 e. The molecular weight excluding hydrogens is 504 g/mol. The van der Waals surface area contributed by atoms with E-state index in [0.29, 0.717) is 0 Å². The first-order valence-electron chi connectivity index (χ1n) is 12.3. The van der Waals surface area contributed by atoms with Gasteiger partial charge in [0.2, 0.25) is 0 Å². The molecule has 10 nitrogen and oxygen atoms in total. The Labute approximate surface area is 218 Å². The van der Waals surface area contributed by atoms with Gasteiger partial charge in [-0.15, -0.1) is 0 Å². The first-order valence-corrected chi connectivity index (χ1v) is 18.1. The summed E-state index contributed by atoms with van der Waals surface area (Å²) in [5.41, 5.74) is 0. The van der Waals surface area contributed by atoms with Crippen molar-refractivity contribution >= 4 is 28.6 Å². The summed E-state index contributed by atoms with van der Waals surface area (Å²) in [6.45, 7) is 21.1. The molecule has 0 unspecified atom stereocenters. The molecule has 0 aromatic rings. The zero-order valence-corrected chi connectivity index (χ0v) is 26.1. The molecule has 0 aliphatic rings. The Kier molecular flexibility index (Phi) is 13.0. The summed E-state index contributed by atoms with van der Waals surface area (Å²) in [7, 11) is -5.29. The second-order valence-corrected chi connectivity index (χ2v) is 21.9. The molecule has 36 heavy (non-hydrogen) atoms. The van der Waals surface area contributed by atoms with Crippen LogP contribution in [0.5, 0.6) is 0 Å². The van der Waals surface area contributed by atoms with Gasteiger partial charge in [0, 0.05) is 13.8 Å². The van der Waals surface area contributed by atoms with E-state index in [9.17, 15) is 30.0 Å². The molecule has 0 saturated carbocycles. The molecule has 0 bridgehead atoms. The zero-order valence-electron chi connectivity index (χ0n) is 24.1. The predicted octanol–water partition coefficient (Wildman–Crippen LogP) is 2.34. The number of aliphatic hydroxyl groups is 4. The van der Waals surface area contributed by atoms with Crippen molar-refractivity contribution in [2.45, 2.75) is 128 Å². The summed E-state index contributed by atoms with van der Waals surface area (Å²) >= 11 is 0. The highest BCUT2D eigenvalue weighted by atomic mass is 28.4. The van der Waals surface area contributed by atoms with Crippen molar-refractivity contribution in [3.05, 3.63) is 0 Å². The van der Waals surface area contributed by atoms with Crippen molar-refractivity contribution in [1.29, 1.82) is 0 Å². The quantitative estimate of drug-likeness (QED) is 0.197. The van der Waals surface area contributed by atoms with Gasteiger partial charge in [-0.3, -0.25) is 9.59 Å². The van der Waals surface area contributed by atoms with Crippen LogP contribution >= 0.6 is 0 Å². The van der Waals surface area contributed by atoms with Crippen molar-refractivity contribution < 1.29 is 48.3 Å². The number of aliphatic hydroxyl groups excluding tert-OH is 4. The number of carbonyl (C=O) groups excluding carboxylic acids is 2. The molecule has 6 atom stereocenters. The number of esters is 2. The maximum Gasteiger partial charge on any atom is 0.302 e. The van der Waals surface area contributed by atoms with Gasteiger partial charge in [-0.05, 0) is 36.3 Å². The van der Waals surface area contributed by atoms with Crippen LogP contribution in [0.2, 0.25) is 36.3 Å². The third-order valence-corrected chi connectivity index (χ3v) is 16.1. The van der Waals surface area contributed by atoms with E-state index < -0.39 is 78.4 Å². The van der Waals surface area contributed by atoms with Gasteiger partial charge >= 0.3 is 11.9 Å². The summed E-state index contributed by atoms with van der Waals surface area (Å²) in [6.07, 6.45) is -8.97. The Morgan fingerprint density at radius 1 is 0.639 bits per heavy atom. The van der Waals surface area contributed by atoms with E-state index in [1.54, 1.807) is 0 Å². The van der Waals surface area contributed by atoms with Crippen molar-refractivity contribution in [1.82, 2.24) is 0 Å². The second kappa shape index (κ2) is 13.3. The van der Waals surface area contributed by atoms with Gasteiger partial charge in [-0.1, -0.05) is 41.5 Å². The molecule has 0 aliphatic heterocycles. The maximum absolute atomic E-state index is 11.3. The van der Waals surface area contributed by atoms with E-state index in [1.165, 1.54) is 13.8 Å². The fourth-order valence-electron chi connectivity index (χ4n) is 2.74. The van der Waals surface area contributed by atoms with Gasteiger partial charge in [-0.25, -0.2) is 0 Å². The van der Waals surface area contributed by atoms with Crippen LogP contribution in [0, 0.1) is 0 Å². The molecule has 0 heterocycles. The summed E-state index contributed by atoms with van der Waals surface area (Å²) in [5, 5.41) is 43.3. The molecule has 0 radical (unpaired) electrons. The Balaban J connectivity index is 6.62. The van der Waals surface area contributed by atoms with E-state index in [0.717, 1.165) is 0 Å². The lowest BCUT2D eigenvalue weighted by Crippen LogP contribution is -2.62. The number of rotatable bonds is 13. The molecule has 0 aromatic carbocycles. The van der Waals surface area contributed by atoms with Crippen LogP contribution in [0.4, 0.5) is 0 Å². The monoisotopic (exact) mass is 554 g/mol. The fourth-order valence-corrected chi connectivity index (χ4v) is 5.35. The third kappa shape index (κ3) is 10.5. The van der Waals surface area contributed by atoms with Crippen LogP contribution in [0.25, 0.3) is 0 Å².